The SMILES string of the molecule is COc1cc(C)cc(OC)c1C(=O)P.[Li][CH2]CCC. The summed E-state index contributed by atoms with van der Waals surface area (Å²) in [6, 6.07) is 3.61. The van der Waals surface area contributed by atoms with E-state index in [9.17, 15) is 4.79 Å². The second-order valence-electron chi connectivity index (χ2n) is 4.26. The normalized spacial score (nSPS) is 9.42. The first-order valence-electron chi connectivity index (χ1n) is 6.54. The third kappa shape index (κ3) is 6.48. The van der Waals surface area contributed by atoms with E-state index in [1.54, 1.807) is 12.1 Å². The minimum atomic E-state index is -0.140. The fraction of sp³-hybridized carbons (Fsp3) is 0.500. The summed E-state index contributed by atoms with van der Waals surface area (Å²) in [5, 5.41) is 1.34. The second kappa shape index (κ2) is 10.3. The van der Waals surface area contributed by atoms with Crippen LogP contribution < -0.4 is 9.47 Å². The second-order valence-corrected chi connectivity index (χ2v) is 4.79. The fourth-order valence-corrected chi connectivity index (χ4v) is 1.92. The van der Waals surface area contributed by atoms with Crippen LogP contribution in [0.25, 0.3) is 0 Å². The third-order valence-corrected chi connectivity index (χ3v) is 2.89. The molecule has 0 aliphatic heterocycles. The van der Waals surface area contributed by atoms with Gasteiger partial charge in [-0.3, -0.25) is 4.79 Å². The molecular formula is C14H22LiO3P. The average Bonchev–Trinajstić information content (AvgIpc) is 2.38. The number of rotatable bonds is 5. The van der Waals surface area contributed by atoms with Crippen LogP contribution in [-0.2, 0) is 0 Å². The maximum atomic E-state index is 11.3. The minimum absolute atomic E-state index is 0.140. The summed E-state index contributed by atoms with van der Waals surface area (Å²) in [5.74, 6) is 1.09. The van der Waals surface area contributed by atoms with Crippen molar-refractivity contribution in [1.82, 2.24) is 0 Å². The predicted octanol–water partition coefficient (Wildman–Crippen LogP) is 3.40. The monoisotopic (exact) mass is 276 g/mol. The van der Waals surface area contributed by atoms with E-state index in [0.29, 0.717) is 17.1 Å². The number of carbonyl (C=O) groups is 1. The van der Waals surface area contributed by atoms with Crippen LogP contribution in [-0.4, -0.2) is 37.5 Å². The summed E-state index contributed by atoms with van der Waals surface area (Å²) in [5.41, 5.74) is 1.32. The van der Waals surface area contributed by atoms with Gasteiger partial charge in [0.1, 0.15) is 17.1 Å². The quantitative estimate of drug-likeness (QED) is 0.610. The average molecular weight is 276 g/mol. The predicted molar refractivity (Wildman–Crippen MR) is 83.8 cm³/mol. The summed E-state index contributed by atoms with van der Waals surface area (Å²) >= 11 is 2.21. The molecule has 19 heavy (non-hydrogen) atoms. The number of methoxy groups -OCH3 is 2. The van der Waals surface area contributed by atoms with Gasteiger partial charge < -0.3 is 9.47 Å². The van der Waals surface area contributed by atoms with Crippen LogP contribution in [0.15, 0.2) is 12.1 Å². The van der Waals surface area contributed by atoms with Gasteiger partial charge in [0, 0.05) is 0 Å². The summed E-state index contributed by atoms with van der Waals surface area (Å²) in [4.78, 5) is 11.3. The summed E-state index contributed by atoms with van der Waals surface area (Å²) < 4.78 is 10.2. The molecule has 0 bridgehead atoms. The molecule has 0 fully saturated rings. The first-order valence-corrected chi connectivity index (χ1v) is 7.11. The first-order chi connectivity index (χ1) is 9.01. The number of benzene rings is 1. The zero-order valence-electron chi connectivity index (χ0n) is 12.6. The summed E-state index contributed by atoms with van der Waals surface area (Å²) in [6.07, 6.45) is 2.73. The molecule has 0 saturated heterocycles. The van der Waals surface area contributed by atoms with Crippen molar-refractivity contribution in [2.24, 2.45) is 0 Å². The van der Waals surface area contributed by atoms with Crippen LogP contribution in [0.3, 0.4) is 0 Å². The van der Waals surface area contributed by atoms with E-state index in [1.165, 1.54) is 32.2 Å². The van der Waals surface area contributed by atoms with Gasteiger partial charge in [-0.05, 0) is 24.6 Å². The van der Waals surface area contributed by atoms with Crippen molar-refractivity contribution < 1.29 is 14.3 Å². The van der Waals surface area contributed by atoms with E-state index in [4.69, 9.17) is 9.47 Å². The number of hydrogen-bond donors (Lipinski definition) is 0. The van der Waals surface area contributed by atoms with E-state index in [2.05, 4.69) is 33.9 Å². The van der Waals surface area contributed by atoms with Crippen LogP contribution in [0.5, 0.6) is 11.5 Å². The Balaban J connectivity index is 0.000000555. The van der Waals surface area contributed by atoms with Crippen LogP contribution in [0.1, 0.15) is 35.7 Å². The molecule has 1 aromatic carbocycles. The Bertz CT molecular complexity index is 381. The van der Waals surface area contributed by atoms with Crippen molar-refractivity contribution in [2.75, 3.05) is 14.2 Å². The Morgan fingerprint density at radius 1 is 1.26 bits per heavy atom. The van der Waals surface area contributed by atoms with Gasteiger partial charge >= 0.3 is 42.6 Å². The number of aryl methyl sites for hydroxylation is 1. The molecular weight excluding hydrogens is 254 g/mol. The van der Waals surface area contributed by atoms with Crippen molar-refractivity contribution in [2.45, 2.75) is 31.8 Å². The van der Waals surface area contributed by atoms with Crippen molar-refractivity contribution >= 4 is 32.5 Å². The van der Waals surface area contributed by atoms with E-state index < -0.39 is 0 Å². The number of ether oxygens (including phenoxy) is 2. The molecule has 0 aliphatic carbocycles. The zero-order chi connectivity index (χ0) is 14.8. The van der Waals surface area contributed by atoms with Crippen molar-refractivity contribution in [1.29, 1.82) is 0 Å². The molecule has 0 heterocycles. The summed E-state index contributed by atoms with van der Waals surface area (Å²) in [7, 11) is 5.18. The molecule has 0 saturated carbocycles. The van der Waals surface area contributed by atoms with E-state index in [1.807, 2.05) is 6.92 Å². The standard InChI is InChI=1S/C10H13O3P.C4H9.Li/c1-6-4-7(12-2)9(10(11)14)8(5-6)13-3;1-3-4-2;/h4-5H,14H2,1-3H3;1,3-4H2,2H3;. The molecule has 1 aromatic rings. The Morgan fingerprint density at radius 2 is 1.74 bits per heavy atom. The molecule has 0 N–H and O–H groups in total. The Hall–Kier alpha value is -0.483. The molecule has 1 atom stereocenters. The molecule has 0 spiro atoms. The van der Waals surface area contributed by atoms with Gasteiger partial charge in [0.2, 0.25) is 0 Å². The van der Waals surface area contributed by atoms with Gasteiger partial charge in [-0.2, -0.15) is 0 Å². The van der Waals surface area contributed by atoms with Crippen LogP contribution in [0.2, 0.25) is 5.09 Å². The first kappa shape index (κ1) is 18.5. The maximum absolute atomic E-state index is 11.3. The van der Waals surface area contributed by atoms with Crippen LogP contribution in [0, 0.1) is 6.92 Å². The molecule has 0 aliphatic rings. The molecule has 3 nitrogen and oxygen atoms in total. The number of unbranched alkanes of at least 4 members (excludes halogenated alkanes) is 1. The molecule has 0 radical (unpaired) electrons. The van der Waals surface area contributed by atoms with Gasteiger partial charge in [-0.15, -0.1) is 0 Å². The van der Waals surface area contributed by atoms with Gasteiger partial charge in [0.15, 0.2) is 5.52 Å². The van der Waals surface area contributed by atoms with Crippen LogP contribution in [0.4, 0.5) is 0 Å². The Labute approximate surface area is 127 Å². The van der Waals surface area contributed by atoms with E-state index >= 15 is 0 Å². The zero-order valence-corrected chi connectivity index (χ0v) is 13.7. The molecule has 1 rings (SSSR count). The summed E-state index contributed by atoms with van der Waals surface area (Å²) in [6.45, 7) is 4.13. The van der Waals surface area contributed by atoms with Crippen molar-refractivity contribution in [3.05, 3.63) is 23.3 Å². The third-order valence-electron chi connectivity index (χ3n) is 2.60. The van der Waals surface area contributed by atoms with Gasteiger partial charge in [0.05, 0.1) is 14.2 Å². The topological polar surface area (TPSA) is 35.5 Å². The molecule has 0 amide bonds. The molecule has 5 heteroatoms. The van der Waals surface area contributed by atoms with Gasteiger partial charge in [0.25, 0.3) is 0 Å². The van der Waals surface area contributed by atoms with E-state index in [0.717, 1.165) is 5.56 Å². The number of hydrogen-bond acceptors (Lipinski definition) is 3. The van der Waals surface area contributed by atoms with Gasteiger partial charge in [-0.25, -0.2) is 0 Å². The van der Waals surface area contributed by atoms with Crippen LogP contribution >= 0.6 is 9.24 Å². The molecule has 0 aromatic heterocycles. The molecule has 1 unspecified atom stereocenters. The fourth-order valence-electron chi connectivity index (χ4n) is 1.64. The molecule has 102 valence electrons. The van der Waals surface area contributed by atoms with E-state index in [-0.39, 0.29) is 5.52 Å². The Morgan fingerprint density at radius 3 is 1.95 bits per heavy atom. The van der Waals surface area contributed by atoms with Crippen molar-refractivity contribution in [3.8, 4) is 11.5 Å². The Kier molecular flexibility index (Phi) is 10.1. The van der Waals surface area contributed by atoms with Gasteiger partial charge in [-0.1, -0.05) is 9.24 Å². The van der Waals surface area contributed by atoms with Crippen molar-refractivity contribution in [3.63, 3.8) is 0 Å². The number of carbonyl (C=O) groups excluding carboxylic acids is 1.